The number of pyridine rings is 1. The van der Waals surface area contributed by atoms with Gasteiger partial charge in [-0.3, -0.25) is 4.68 Å². The lowest BCUT2D eigenvalue weighted by Crippen LogP contribution is -2.17. The van der Waals surface area contributed by atoms with E-state index in [4.69, 9.17) is 0 Å². The molecular weight excluding hydrogens is 238 g/mol. The highest BCUT2D eigenvalue weighted by Gasteiger charge is 2.01. The lowest BCUT2D eigenvalue weighted by molar-refractivity contribution is 0.659. The second-order valence-electron chi connectivity index (χ2n) is 4.61. The molecule has 5 heteroatoms. The van der Waals surface area contributed by atoms with Crippen LogP contribution >= 0.6 is 0 Å². The van der Waals surface area contributed by atoms with Crippen molar-refractivity contribution in [1.29, 1.82) is 0 Å². The highest BCUT2D eigenvalue weighted by atomic mass is 15.2. The Morgan fingerprint density at radius 2 is 2.11 bits per heavy atom. The molecule has 0 aliphatic carbocycles. The van der Waals surface area contributed by atoms with Crippen LogP contribution in [-0.4, -0.2) is 25.7 Å². The summed E-state index contributed by atoms with van der Waals surface area (Å²) >= 11 is 0. The maximum absolute atomic E-state index is 4.54. The zero-order valence-electron chi connectivity index (χ0n) is 11.0. The van der Waals surface area contributed by atoms with E-state index in [9.17, 15) is 0 Å². The van der Waals surface area contributed by atoms with Crippen LogP contribution in [0.3, 0.4) is 0 Å². The van der Waals surface area contributed by atoms with Gasteiger partial charge in [0.15, 0.2) is 0 Å². The van der Waals surface area contributed by atoms with E-state index in [-0.39, 0.29) is 0 Å². The second kappa shape index (κ2) is 5.24. The van der Waals surface area contributed by atoms with Gasteiger partial charge in [-0.25, -0.2) is 4.98 Å². The first-order valence-electron chi connectivity index (χ1n) is 6.43. The van der Waals surface area contributed by atoms with E-state index in [2.05, 4.69) is 21.6 Å². The molecule has 1 N–H and O–H groups in total. The van der Waals surface area contributed by atoms with Crippen molar-refractivity contribution < 1.29 is 0 Å². The Morgan fingerprint density at radius 3 is 2.89 bits per heavy atom. The minimum absolute atomic E-state index is 0.786. The zero-order valence-corrected chi connectivity index (χ0v) is 11.0. The topological polar surface area (TPSA) is 47.2 Å². The van der Waals surface area contributed by atoms with E-state index in [1.54, 1.807) is 0 Å². The Hall–Kier alpha value is -2.14. The minimum atomic E-state index is 0.786. The molecule has 0 unspecified atom stereocenters. The van der Waals surface area contributed by atoms with Crippen LogP contribution in [0.1, 0.15) is 11.4 Å². The number of aryl methyl sites for hydroxylation is 1. The number of hydrogen-bond donors (Lipinski definition) is 1. The molecule has 0 bridgehead atoms. The molecule has 0 aliphatic rings. The van der Waals surface area contributed by atoms with Crippen molar-refractivity contribution in [3.05, 3.63) is 54.2 Å². The minimum Gasteiger partial charge on any atom is -0.311 e. The highest BCUT2D eigenvalue weighted by molar-refractivity contribution is 5.39. The summed E-state index contributed by atoms with van der Waals surface area (Å²) in [5.74, 6) is 0. The summed E-state index contributed by atoms with van der Waals surface area (Å²) in [6, 6.07) is 8.07. The molecular formula is C14H17N5. The summed E-state index contributed by atoms with van der Waals surface area (Å²) in [4.78, 5) is 4.54. The fourth-order valence-corrected chi connectivity index (χ4v) is 2.10. The summed E-state index contributed by atoms with van der Waals surface area (Å²) < 4.78 is 3.87. The number of imidazole rings is 1. The van der Waals surface area contributed by atoms with Gasteiger partial charge >= 0.3 is 0 Å². The maximum Gasteiger partial charge on any atom is 0.137 e. The van der Waals surface area contributed by atoms with Crippen molar-refractivity contribution in [3.8, 4) is 0 Å². The summed E-state index contributed by atoms with van der Waals surface area (Å²) in [6.45, 7) is 1.69. The Labute approximate surface area is 111 Å². The molecule has 0 aromatic carbocycles. The smallest absolute Gasteiger partial charge is 0.137 e. The molecule has 98 valence electrons. The van der Waals surface area contributed by atoms with Gasteiger partial charge in [0.1, 0.15) is 5.65 Å². The third-order valence-electron chi connectivity index (χ3n) is 3.05. The second-order valence-corrected chi connectivity index (χ2v) is 4.61. The number of hydrogen-bond acceptors (Lipinski definition) is 3. The first kappa shape index (κ1) is 11.9. The molecule has 0 fully saturated rings. The number of nitrogens with one attached hydrogen (secondary N) is 1. The van der Waals surface area contributed by atoms with Crippen molar-refractivity contribution in [2.75, 3.05) is 6.54 Å². The SMILES string of the molecule is Cn1ccc(CCNCc2cn3ccccc3n2)n1. The molecule has 0 saturated carbocycles. The molecule has 3 rings (SSSR count). The largest absolute Gasteiger partial charge is 0.311 e. The molecule has 0 saturated heterocycles. The molecule has 0 amide bonds. The van der Waals surface area contributed by atoms with Crippen LogP contribution in [0.2, 0.25) is 0 Å². The normalized spacial score (nSPS) is 11.2. The predicted molar refractivity (Wildman–Crippen MR) is 73.8 cm³/mol. The van der Waals surface area contributed by atoms with Crippen LogP contribution in [0.15, 0.2) is 42.9 Å². The van der Waals surface area contributed by atoms with Crippen LogP contribution in [0, 0.1) is 0 Å². The van der Waals surface area contributed by atoms with Gasteiger partial charge in [0.25, 0.3) is 0 Å². The van der Waals surface area contributed by atoms with E-state index in [0.29, 0.717) is 0 Å². The van der Waals surface area contributed by atoms with E-state index in [0.717, 1.165) is 36.5 Å². The Morgan fingerprint density at radius 1 is 1.16 bits per heavy atom. The Bertz CT molecular complexity index is 634. The van der Waals surface area contributed by atoms with Gasteiger partial charge in [-0.05, 0) is 18.2 Å². The average molecular weight is 255 g/mol. The highest BCUT2D eigenvalue weighted by Crippen LogP contribution is 2.04. The molecule has 3 heterocycles. The third kappa shape index (κ3) is 2.82. The van der Waals surface area contributed by atoms with Crippen molar-refractivity contribution in [2.24, 2.45) is 7.05 Å². The lowest BCUT2D eigenvalue weighted by atomic mass is 10.3. The molecule has 3 aromatic rings. The number of rotatable bonds is 5. The molecule has 0 atom stereocenters. The number of aromatic nitrogens is 4. The first-order chi connectivity index (χ1) is 9.31. The Kier molecular flexibility index (Phi) is 3.29. The molecule has 0 aliphatic heterocycles. The van der Waals surface area contributed by atoms with Crippen molar-refractivity contribution >= 4 is 5.65 Å². The van der Waals surface area contributed by atoms with Gasteiger partial charge in [0.05, 0.1) is 11.4 Å². The van der Waals surface area contributed by atoms with Gasteiger partial charge in [-0.2, -0.15) is 5.10 Å². The first-order valence-corrected chi connectivity index (χ1v) is 6.43. The molecule has 5 nitrogen and oxygen atoms in total. The molecule has 19 heavy (non-hydrogen) atoms. The van der Waals surface area contributed by atoms with Gasteiger partial charge in [0, 0.05) is 45.1 Å². The lowest BCUT2D eigenvalue weighted by Gasteiger charge is -2.00. The molecule has 0 radical (unpaired) electrons. The summed E-state index contributed by atoms with van der Waals surface area (Å²) in [5.41, 5.74) is 3.17. The van der Waals surface area contributed by atoms with Gasteiger partial charge in [-0.1, -0.05) is 6.07 Å². The van der Waals surface area contributed by atoms with Gasteiger partial charge in [0.2, 0.25) is 0 Å². The summed E-state index contributed by atoms with van der Waals surface area (Å²) in [6.07, 6.45) is 6.98. The molecule has 3 aromatic heterocycles. The van der Waals surface area contributed by atoms with Crippen molar-refractivity contribution in [2.45, 2.75) is 13.0 Å². The van der Waals surface area contributed by atoms with Gasteiger partial charge in [-0.15, -0.1) is 0 Å². The quantitative estimate of drug-likeness (QED) is 0.701. The van der Waals surface area contributed by atoms with Gasteiger partial charge < -0.3 is 9.72 Å². The van der Waals surface area contributed by atoms with E-state index in [1.165, 1.54) is 0 Å². The van der Waals surface area contributed by atoms with Crippen molar-refractivity contribution in [1.82, 2.24) is 24.5 Å². The van der Waals surface area contributed by atoms with Crippen molar-refractivity contribution in [3.63, 3.8) is 0 Å². The fraction of sp³-hybridized carbons (Fsp3) is 0.286. The van der Waals surface area contributed by atoms with Crippen LogP contribution < -0.4 is 5.32 Å². The molecule has 0 spiro atoms. The summed E-state index contributed by atoms with van der Waals surface area (Å²) in [7, 11) is 1.94. The zero-order chi connectivity index (χ0) is 13.1. The van der Waals surface area contributed by atoms with E-state index in [1.807, 2.05) is 52.8 Å². The van der Waals surface area contributed by atoms with Crippen LogP contribution in [0.25, 0.3) is 5.65 Å². The third-order valence-corrected chi connectivity index (χ3v) is 3.05. The van der Waals surface area contributed by atoms with E-state index < -0.39 is 0 Å². The number of fused-ring (bicyclic) bond motifs is 1. The number of nitrogens with zero attached hydrogens (tertiary/aromatic N) is 4. The average Bonchev–Trinajstić information content (AvgIpc) is 3.00. The predicted octanol–water partition coefficient (Wildman–Crippen LogP) is 1.40. The Balaban J connectivity index is 1.52. The fourth-order valence-electron chi connectivity index (χ4n) is 2.10. The van der Waals surface area contributed by atoms with E-state index >= 15 is 0 Å². The van der Waals surface area contributed by atoms with Crippen LogP contribution in [0.4, 0.5) is 0 Å². The monoisotopic (exact) mass is 255 g/mol. The summed E-state index contributed by atoms with van der Waals surface area (Å²) in [5, 5.41) is 7.74. The van der Waals surface area contributed by atoms with Crippen LogP contribution in [-0.2, 0) is 20.0 Å². The van der Waals surface area contributed by atoms with Crippen LogP contribution in [0.5, 0.6) is 0 Å². The maximum atomic E-state index is 4.54. The standard InChI is InChI=1S/C14H17N5/c1-18-9-6-12(17-18)5-7-15-10-13-11-19-8-3-2-4-14(19)16-13/h2-4,6,8-9,11,15H,5,7,10H2,1H3.